The molecule has 1 amide bonds. The van der Waals surface area contributed by atoms with Gasteiger partial charge in [0.2, 0.25) is 0 Å². The highest BCUT2D eigenvalue weighted by atomic mass is 35.5. The number of amides is 1. The molecule has 0 saturated carbocycles. The van der Waals surface area contributed by atoms with E-state index in [1.54, 1.807) is 30.3 Å². The first-order valence-corrected chi connectivity index (χ1v) is 8.64. The van der Waals surface area contributed by atoms with Crippen molar-refractivity contribution < 1.29 is 9.18 Å². The van der Waals surface area contributed by atoms with Gasteiger partial charge in [0.1, 0.15) is 11.6 Å². The van der Waals surface area contributed by atoms with Crippen LogP contribution in [0.5, 0.6) is 0 Å². The van der Waals surface area contributed by atoms with Crippen LogP contribution in [0, 0.1) is 5.82 Å². The Kier molecular flexibility index (Phi) is 5.59. The van der Waals surface area contributed by atoms with Gasteiger partial charge >= 0.3 is 0 Å². The molecular formula is C19H16Cl2FN3O. The van der Waals surface area contributed by atoms with Crippen LogP contribution in [0.4, 0.5) is 4.39 Å². The zero-order valence-corrected chi connectivity index (χ0v) is 15.5. The average Bonchev–Trinajstić information content (AvgIpc) is 3.05. The first kappa shape index (κ1) is 18.4. The Labute approximate surface area is 160 Å². The summed E-state index contributed by atoms with van der Waals surface area (Å²) in [7, 11) is 1.68. The largest absolute Gasteiger partial charge is 0.334 e. The van der Waals surface area contributed by atoms with Crippen molar-refractivity contribution in [3.63, 3.8) is 0 Å². The zero-order valence-electron chi connectivity index (χ0n) is 14.0. The fraction of sp³-hybridized carbons (Fsp3) is 0.158. The van der Waals surface area contributed by atoms with Gasteiger partial charge in [-0.15, -0.1) is 0 Å². The van der Waals surface area contributed by atoms with Crippen molar-refractivity contribution in [2.75, 3.05) is 7.05 Å². The first-order chi connectivity index (χ1) is 12.4. The number of hydrogen-bond acceptors (Lipinski definition) is 2. The summed E-state index contributed by atoms with van der Waals surface area (Å²) < 4.78 is 15.0. The molecular weight excluding hydrogens is 376 g/mol. The number of hydrogen-bond donors (Lipinski definition) is 0. The summed E-state index contributed by atoms with van der Waals surface area (Å²) in [5, 5.41) is 1.00. The van der Waals surface area contributed by atoms with Crippen molar-refractivity contribution >= 4 is 29.1 Å². The molecule has 1 heterocycles. The molecule has 7 heteroatoms. The number of carbonyl (C=O) groups is 1. The molecule has 0 atom stereocenters. The lowest BCUT2D eigenvalue weighted by Crippen LogP contribution is -2.27. The number of halogens is 3. The normalized spacial score (nSPS) is 10.8. The number of benzene rings is 2. The molecule has 0 aliphatic carbocycles. The van der Waals surface area contributed by atoms with Crippen LogP contribution in [0.15, 0.2) is 54.9 Å². The van der Waals surface area contributed by atoms with Crippen molar-refractivity contribution in [1.82, 2.24) is 14.5 Å². The predicted molar refractivity (Wildman–Crippen MR) is 100.0 cm³/mol. The highest BCUT2D eigenvalue weighted by Crippen LogP contribution is 2.23. The lowest BCUT2D eigenvalue weighted by atomic mass is 10.2. The van der Waals surface area contributed by atoms with Crippen LogP contribution in [0.3, 0.4) is 0 Å². The van der Waals surface area contributed by atoms with E-state index >= 15 is 0 Å². The Bertz CT molecular complexity index is 925. The Morgan fingerprint density at radius 1 is 1.15 bits per heavy atom. The quantitative estimate of drug-likeness (QED) is 0.634. The van der Waals surface area contributed by atoms with Crippen molar-refractivity contribution in [1.29, 1.82) is 0 Å². The lowest BCUT2D eigenvalue weighted by molar-refractivity contribution is 0.0780. The third-order valence-electron chi connectivity index (χ3n) is 3.96. The van der Waals surface area contributed by atoms with Gasteiger partial charge in [-0.1, -0.05) is 29.3 Å². The van der Waals surface area contributed by atoms with Crippen molar-refractivity contribution in [3.8, 4) is 0 Å². The van der Waals surface area contributed by atoms with E-state index in [1.807, 2.05) is 16.8 Å². The third kappa shape index (κ3) is 4.23. The van der Waals surface area contributed by atoms with Gasteiger partial charge < -0.3 is 9.47 Å². The standard InChI is InChI=1S/C19H16Cl2FN3O/c1-24(19(26)14-3-5-15(22)6-4-14)12-18-23-8-9-25(18)11-13-2-7-16(20)17(21)10-13/h2-10H,11-12H2,1H3. The van der Waals surface area contributed by atoms with E-state index in [0.717, 1.165) is 11.4 Å². The number of rotatable bonds is 5. The third-order valence-corrected chi connectivity index (χ3v) is 4.69. The van der Waals surface area contributed by atoms with Crippen molar-refractivity contribution in [3.05, 3.63) is 87.7 Å². The summed E-state index contributed by atoms with van der Waals surface area (Å²) in [5.74, 6) is 0.157. The highest BCUT2D eigenvalue weighted by molar-refractivity contribution is 6.42. The maximum absolute atomic E-state index is 13.0. The van der Waals surface area contributed by atoms with Gasteiger partial charge in [-0.2, -0.15) is 0 Å². The second kappa shape index (κ2) is 7.89. The fourth-order valence-corrected chi connectivity index (χ4v) is 2.89. The monoisotopic (exact) mass is 391 g/mol. The SMILES string of the molecule is CN(Cc1nccn1Cc1ccc(Cl)c(Cl)c1)C(=O)c1ccc(F)cc1. The summed E-state index contributed by atoms with van der Waals surface area (Å²) in [5.41, 5.74) is 1.41. The molecule has 26 heavy (non-hydrogen) atoms. The van der Waals surface area contributed by atoms with Crippen LogP contribution < -0.4 is 0 Å². The van der Waals surface area contributed by atoms with Gasteiger partial charge in [0.15, 0.2) is 0 Å². The van der Waals surface area contributed by atoms with Crippen LogP contribution in [0.1, 0.15) is 21.7 Å². The molecule has 3 aromatic rings. The zero-order chi connectivity index (χ0) is 18.7. The minimum Gasteiger partial charge on any atom is -0.334 e. The van der Waals surface area contributed by atoms with E-state index in [1.165, 1.54) is 24.3 Å². The van der Waals surface area contributed by atoms with Gasteiger partial charge in [0.25, 0.3) is 5.91 Å². The van der Waals surface area contributed by atoms with Crippen LogP contribution in [-0.4, -0.2) is 27.4 Å². The van der Waals surface area contributed by atoms with Crippen molar-refractivity contribution in [2.24, 2.45) is 0 Å². The predicted octanol–water partition coefficient (Wildman–Crippen LogP) is 4.65. The summed E-state index contributed by atoms with van der Waals surface area (Å²) in [4.78, 5) is 18.3. The summed E-state index contributed by atoms with van der Waals surface area (Å²) in [6.07, 6.45) is 3.52. The summed E-state index contributed by atoms with van der Waals surface area (Å²) >= 11 is 12.0. The Balaban J connectivity index is 1.72. The topological polar surface area (TPSA) is 38.1 Å². The fourth-order valence-electron chi connectivity index (χ4n) is 2.57. The average molecular weight is 392 g/mol. The van der Waals surface area contributed by atoms with Crippen molar-refractivity contribution in [2.45, 2.75) is 13.1 Å². The molecule has 0 aliphatic heterocycles. The second-order valence-corrected chi connectivity index (χ2v) is 6.70. The summed E-state index contributed by atoms with van der Waals surface area (Å²) in [6, 6.07) is 10.9. The van der Waals surface area contributed by atoms with E-state index < -0.39 is 0 Å². The molecule has 0 saturated heterocycles. The molecule has 3 rings (SSSR count). The highest BCUT2D eigenvalue weighted by Gasteiger charge is 2.15. The maximum atomic E-state index is 13.0. The van der Waals surface area contributed by atoms with Gasteiger partial charge in [-0.25, -0.2) is 9.37 Å². The molecule has 134 valence electrons. The Morgan fingerprint density at radius 3 is 2.58 bits per heavy atom. The minimum atomic E-state index is -0.374. The Hall–Kier alpha value is -2.37. The number of aromatic nitrogens is 2. The molecule has 4 nitrogen and oxygen atoms in total. The van der Waals surface area contributed by atoms with Gasteiger partial charge in [-0.3, -0.25) is 4.79 Å². The van der Waals surface area contributed by atoms with E-state index in [4.69, 9.17) is 23.2 Å². The van der Waals surface area contributed by atoms with Gasteiger partial charge in [-0.05, 0) is 42.0 Å². The maximum Gasteiger partial charge on any atom is 0.254 e. The van der Waals surface area contributed by atoms with E-state index in [9.17, 15) is 9.18 Å². The van der Waals surface area contributed by atoms with Crippen LogP contribution >= 0.6 is 23.2 Å². The molecule has 1 aromatic heterocycles. The molecule has 0 radical (unpaired) electrons. The van der Waals surface area contributed by atoms with Crippen LogP contribution in [-0.2, 0) is 13.1 Å². The van der Waals surface area contributed by atoms with Crippen LogP contribution in [0.25, 0.3) is 0 Å². The van der Waals surface area contributed by atoms with Gasteiger partial charge in [0.05, 0.1) is 16.6 Å². The lowest BCUT2D eigenvalue weighted by Gasteiger charge is -2.18. The van der Waals surface area contributed by atoms with E-state index in [0.29, 0.717) is 28.7 Å². The molecule has 0 spiro atoms. The summed E-state index contributed by atoms with van der Waals surface area (Å²) in [6.45, 7) is 0.884. The molecule has 0 aliphatic rings. The minimum absolute atomic E-state index is 0.200. The van der Waals surface area contributed by atoms with Gasteiger partial charge in [0, 0.05) is 31.5 Å². The molecule has 0 fully saturated rings. The first-order valence-electron chi connectivity index (χ1n) is 7.89. The molecule has 0 N–H and O–H groups in total. The molecule has 0 bridgehead atoms. The second-order valence-electron chi connectivity index (χ2n) is 5.89. The van der Waals surface area contributed by atoms with E-state index in [-0.39, 0.29) is 11.7 Å². The molecule has 0 unspecified atom stereocenters. The molecule has 2 aromatic carbocycles. The van der Waals surface area contributed by atoms with E-state index in [2.05, 4.69) is 4.98 Å². The van der Waals surface area contributed by atoms with Crippen LogP contribution in [0.2, 0.25) is 10.0 Å². The number of nitrogens with zero attached hydrogens (tertiary/aromatic N) is 3. The number of imidazole rings is 1. The Morgan fingerprint density at radius 2 is 1.88 bits per heavy atom. The number of carbonyl (C=O) groups excluding carboxylic acids is 1. The smallest absolute Gasteiger partial charge is 0.254 e.